The van der Waals surface area contributed by atoms with Crippen molar-refractivity contribution in [3.8, 4) is 0 Å². The number of ketones is 1. The molecule has 1 aromatic carbocycles. The summed E-state index contributed by atoms with van der Waals surface area (Å²) in [5, 5.41) is 5.88. The lowest BCUT2D eigenvalue weighted by molar-refractivity contribution is 0.0951. The molecule has 0 bridgehead atoms. The van der Waals surface area contributed by atoms with Crippen LogP contribution in [0, 0.1) is 0 Å². The van der Waals surface area contributed by atoms with E-state index < -0.39 is 0 Å². The van der Waals surface area contributed by atoms with E-state index in [-0.39, 0.29) is 11.7 Å². The van der Waals surface area contributed by atoms with Gasteiger partial charge in [-0.05, 0) is 37.6 Å². The quantitative estimate of drug-likeness (QED) is 0.574. The van der Waals surface area contributed by atoms with E-state index in [4.69, 9.17) is 0 Å². The summed E-state index contributed by atoms with van der Waals surface area (Å²) in [5.74, 6) is 0.253. The van der Waals surface area contributed by atoms with E-state index in [1.165, 1.54) is 19.3 Å². The number of nitrogens with one attached hydrogen (secondary N) is 2. The first-order chi connectivity index (χ1) is 11.6. The van der Waals surface area contributed by atoms with Gasteiger partial charge in [-0.1, -0.05) is 19.8 Å². The van der Waals surface area contributed by atoms with Crippen molar-refractivity contribution in [3.05, 3.63) is 47.8 Å². The number of rotatable bonds is 8. The fourth-order valence-electron chi connectivity index (χ4n) is 2.11. The van der Waals surface area contributed by atoms with Crippen molar-refractivity contribution in [2.24, 2.45) is 0 Å². The number of benzene rings is 1. The van der Waals surface area contributed by atoms with E-state index >= 15 is 0 Å². The topological polar surface area (TPSA) is 84.0 Å². The highest BCUT2D eigenvalue weighted by Gasteiger charge is 2.07. The second-order valence-corrected chi connectivity index (χ2v) is 5.52. The zero-order valence-corrected chi connectivity index (χ0v) is 14.0. The van der Waals surface area contributed by atoms with Crippen LogP contribution in [0.1, 0.15) is 53.8 Å². The second-order valence-electron chi connectivity index (χ2n) is 5.52. The van der Waals surface area contributed by atoms with Crippen LogP contribution in [0.25, 0.3) is 0 Å². The monoisotopic (exact) mass is 326 g/mol. The van der Waals surface area contributed by atoms with Crippen molar-refractivity contribution >= 4 is 23.3 Å². The van der Waals surface area contributed by atoms with Gasteiger partial charge in [0.2, 0.25) is 5.95 Å². The van der Waals surface area contributed by atoms with Gasteiger partial charge in [0.05, 0.1) is 5.56 Å². The highest BCUT2D eigenvalue weighted by atomic mass is 16.1. The van der Waals surface area contributed by atoms with Gasteiger partial charge in [-0.2, -0.15) is 0 Å². The summed E-state index contributed by atoms with van der Waals surface area (Å²) in [7, 11) is 0. The number of anilines is 2. The van der Waals surface area contributed by atoms with Crippen molar-refractivity contribution in [1.82, 2.24) is 15.3 Å². The van der Waals surface area contributed by atoms with Crippen molar-refractivity contribution < 1.29 is 9.59 Å². The van der Waals surface area contributed by atoms with E-state index in [2.05, 4.69) is 27.5 Å². The predicted molar refractivity (Wildman–Crippen MR) is 93.6 cm³/mol. The molecule has 2 aromatic rings. The maximum atomic E-state index is 11.9. The number of hydrogen-bond acceptors (Lipinski definition) is 5. The van der Waals surface area contributed by atoms with Crippen LogP contribution >= 0.6 is 0 Å². The maximum Gasteiger partial charge on any atom is 0.254 e. The Hall–Kier alpha value is -2.76. The van der Waals surface area contributed by atoms with Crippen molar-refractivity contribution in [3.63, 3.8) is 0 Å². The number of nitrogens with zero attached hydrogens (tertiary/aromatic N) is 2. The van der Waals surface area contributed by atoms with E-state index in [0.717, 1.165) is 24.9 Å². The highest BCUT2D eigenvalue weighted by molar-refractivity contribution is 5.94. The summed E-state index contributed by atoms with van der Waals surface area (Å²) in [6.45, 7) is 4.31. The highest BCUT2D eigenvalue weighted by Crippen LogP contribution is 2.14. The molecule has 1 aromatic heterocycles. The first-order valence-corrected chi connectivity index (χ1v) is 8.08. The largest absolute Gasteiger partial charge is 0.352 e. The normalized spacial score (nSPS) is 10.2. The lowest BCUT2D eigenvalue weighted by Gasteiger charge is -2.07. The Morgan fingerprint density at radius 1 is 1.00 bits per heavy atom. The molecule has 0 radical (unpaired) electrons. The molecule has 0 unspecified atom stereocenters. The lowest BCUT2D eigenvalue weighted by atomic mass is 10.1. The van der Waals surface area contributed by atoms with Gasteiger partial charge in [-0.3, -0.25) is 9.59 Å². The Balaban J connectivity index is 1.91. The third-order valence-corrected chi connectivity index (χ3v) is 3.53. The van der Waals surface area contributed by atoms with Gasteiger partial charge in [0.25, 0.3) is 5.91 Å². The zero-order valence-electron chi connectivity index (χ0n) is 14.0. The average molecular weight is 326 g/mol. The molecule has 24 heavy (non-hydrogen) atoms. The summed E-state index contributed by atoms with van der Waals surface area (Å²) in [6, 6.07) is 7.05. The molecular weight excluding hydrogens is 304 g/mol. The minimum atomic E-state index is -0.163. The molecule has 6 nitrogen and oxygen atoms in total. The van der Waals surface area contributed by atoms with Crippen LogP contribution in [0.4, 0.5) is 11.6 Å². The average Bonchev–Trinajstić information content (AvgIpc) is 2.59. The summed E-state index contributed by atoms with van der Waals surface area (Å²) in [4.78, 5) is 31.5. The number of hydrogen-bond donors (Lipinski definition) is 2. The van der Waals surface area contributed by atoms with Gasteiger partial charge in [-0.25, -0.2) is 9.97 Å². The Bertz CT molecular complexity index is 681. The van der Waals surface area contributed by atoms with Crippen LogP contribution in [-0.2, 0) is 0 Å². The number of carbonyl (C=O) groups excluding carboxylic acids is 2. The molecule has 0 aliphatic heterocycles. The smallest absolute Gasteiger partial charge is 0.254 e. The Morgan fingerprint density at radius 3 is 2.25 bits per heavy atom. The summed E-state index contributed by atoms with van der Waals surface area (Å²) in [5.41, 5.74) is 1.86. The van der Waals surface area contributed by atoms with Gasteiger partial charge in [0.1, 0.15) is 0 Å². The Morgan fingerprint density at radius 2 is 1.67 bits per heavy atom. The van der Waals surface area contributed by atoms with Gasteiger partial charge < -0.3 is 10.6 Å². The second kappa shape index (κ2) is 8.76. The predicted octanol–water partition coefficient (Wildman–Crippen LogP) is 3.34. The first kappa shape index (κ1) is 17.6. The van der Waals surface area contributed by atoms with E-state index in [1.54, 1.807) is 24.3 Å². The standard InChI is InChI=1S/C18H22N4O2/c1-3-4-5-10-19-17(24)15-11-20-18(21-12-15)22-16-8-6-14(7-9-16)13(2)23/h6-9,11-12H,3-5,10H2,1-2H3,(H,19,24)(H,20,21,22). The molecule has 0 spiro atoms. The molecular formula is C18H22N4O2. The maximum absolute atomic E-state index is 11.9. The Kier molecular flexibility index (Phi) is 6.42. The molecule has 2 N–H and O–H groups in total. The Labute approximate surface area is 141 Å². The van der Waals surface area contributed by atoms with Crippen LogP contribution in [-0.4, -0.2) is 28.2 Å². The zero-order chi connectivity index (χ0) is 17.4. The van der Waals surface area contributed by atoms with Gasteiger partial charge >= 0.3 is 0 Å². The van der Waals surface area contributed by atoms with Crippen molar-refractivity contribution in [2.75, 3.05) is 11.9 Å². The number of carbonyl (C=O) groups is 2. The molecule has 126 valence electrons. The summed E-state index contributed by atoms with van der Waals surface area (Å²) >= 11 is 0. The molecule has 6 heteroatoms. The van der Waals surface area contributed by atoms with Crippen molar-refractivity contribution in [1.29, 1.82) is 0 Å². The van der Waals surface area contributed by atoms with E-state index in [9.17, 15) is 9.59 Å². The first-order valence-electron chi connectivity index (χ1n) is 8.08. The SMILES string of the molecule is CCCCCNC(=O)c1cnc(Nc2ccc(C(C)=O)cc2)nc1. The minimum Gasteiger partial charge on any atom is -0.352 e. The molecule has 0 aliphatic carbocycles. The molecule has 0 saturated carbocycles. The molecule has 1 amide bonds. The van der Waals surface area contributed by atoms with Gasteiger partial charge in [-0.15, -0.1) is 0 Å². The molecule has 0 saturated heterocycles. The summed E-state index contributed by atoms with van der Waals surface area (Å²) < 4.78 is 0. The lowest BCUT2D eigenvalue weighted by Crippen LogP contribution is -2.24. The fourth-order valence-corrected chi connectivity index (χ4v) is 2.11. The number of amides is 1. The molecule has 0 aliphatic rings. The summed E-state index contributed by atoms with van der Waals surface area (Å²) in [6.07, 6.45) is 6.18. The van der Waals surface area contributed by atoms with Crippen LogP contribution in [0.15, 0.2) is 36.7 Å². The van der Waals surface area contributed by atoms with Crippen LogP contribution in [0.3, 0.4) is 0 Å². The number of aromatic nitrogens is 2. The van der Waals surface area contributed by atoms with E-state index in [0.29, 0.717) is 23.6 Å². The van der Waals surface area contributed by atoms with E-state index in [1.807, 2.05) is 0 Å². The molecule has 0 atom stereocenters. The molecule has 1 heterocycles. The van der Waals surface area contributed by atoms with Crippen LogP contribution < -0.4 is 10.6 Å². The number of Topliss-reactive ketones (excluding diaryl/α,β-unsaturated/α-hetero) is 1. The third kappa shape index (κ3) is 5.15. The third-order valence-electron chi connectivity index (χ3n) is 3.53. The number of unbranched alkanes of at least 4 members (excludes halogenated alkanes) is 2. The van der Waals surface area contributed by atoms with Gasteiger partial charge in [0, 0.05) is 30.2 Å². The molecule has 0 fully saturated rings. The van der Waals surface area contributed by atoms with Crippen molar-refractivity contribution in [2.45, 2.75) is 33.1 Å². The minimum absolute atomic E-state index is 0.0205. The molecule has 2 rings (SSSR count). The fraction of sp³-hybridized carbons (Fsp3) is 0.333. The van der Waals surface area contributed by atoms with Crippen LogP contribution in [0.5, 0.6) is 0 Å². The van der Waals surface area contributed by atoms with Crippen LogP contribution in [0.2, 0.25) is 0 Å². The van der Waals surface area contributed by atoms with Gasteiger partial charge in [0.15, 0.2) is 5.78 Å².